The van der Waals surface area contributed by atoms with E-state index in [-0.39, 0.29) is 0 Å². The molecule has 0 N–H and O–H groups in total. The molecule has 13 aromatic rings. The number of aromatic nitrogens is 4. The number of thiophene rings is 1. The summed E-state index contributed by atoms with van der Waals surface area (Å²) < 4.78 is 11.0. The van der Waals surface area contributed by atoms with Gasteiger partial charge in [-0.2, -0.15) is 9.97 Å². The van der Waals surface area contributed by atoms with E-state index in [4.69, 9.17) is 19.4 Å². The van der Waals surface area contributed by atoms with Crippen molar-refractivity contribution in [2.75, 3.05) is 4.90 Å². The number of benzene rings is 9. The SMILES string of the molecule is c1ccc(-c2cccc(N(c3nc(-c4ccc5oc6ccccc6c5c4)nc(-c4cccc5c6ccccc6n(-c6ccccc6)c45)n3)c3cccc4sc5ccccc5c34)c2)cc1. The van der Waals surface area contributed by atoms with Crippen LogP contribution in [0.3, 0.4) is 0 Å². The van der Waals surface area contributed by atoms with E-state index in [1.807, 2.05) is 24.3 Å². The molecule has 0 saturated carbocycles. The first kappa shape index (κ1) is 36.3. The lowest BCUT2D eigenvalue weighted by Gasteiger charge is -2.25. The van der Waals surface area contributed by atoms with E-state index in [2.05, 4.69) is 198 Å². The van der Waals surface area contributed by atoms with Crippen LogP contribution in [0.4, 0.5) is 17.3 Å². The Kier molecular flexibility index (Phi) is 8.29. The Morgan fingerprint density at radius 2 is 1.11 bits per heavy atom. The molecule has 6 nitrogen and oxygen atoms in total. The minimum absolute atomic E-state index is 0.504. The Balaban J connectivity index is 1.14. The van der Waals surface area contributed by atoms with E-state index in [9.17, 15) is 0 Å². The lowest BCUT2D eigenvalue weighted by Crippen LogP contribution is -2.15. The summed E-state index contributed by atoms with van der Waals surface area (Å²) in [6, 6.07) is 74.4. The first-order chi connectivity index (χ1) is 31.7. The lowest BCUT2D eigenvalue weighted by atomic mass is 10.0. The summed E-state index contributed by atoms with van der Waals surface area (Å²) in [5, 5.41) is 6.66. The molecule has 4 heterocycles. The molecule has 9 aromatic carbocycles. The number of nitrogens with zero attached hydrogens (tertiary/aromatic N) is 5. The molecule has 0 aliphatic carbocycles. The van der Waals surface area contributed by atoms with Crippen molar-refractivity contribution in [1.29, 1.82) is 0 Å². The summed E-state index contributed by atoms with van der Waals surface area (Å²) in [6.07, 6.45) is 0. The molecule has 0 amide bonds. The van der Waals surface area contributed by atoms with Gasteiger partial charge in [-0.05, 0) is 90.0 Å². The van der Waals surface area contributed by atoms with Crippen molar-refractivity contribution in [3.63, 3.8) is 0 Å². The van der Waals surface area contributed by atoms with E-state index >= 15 is 0 Å². The normalized spacial score (nSPS) is 11.8. The molecule has 0 radical (unpaired) electrons. The van der Waals surface area contributed by atoms with Crippen LogP contribution in [0.15, 0.2) is 217 Å². The fourth-order valence-electron chi connectivity index (χ4n) is 9.38. The van der Waals surface area contributed by atoms with Gasteiger partial charge in [-0.25, -0.2) is 4.98 Å². The number of hydrogen-bond acceptors (Lipinski definition) is 6. The van der Waals surface area contributed by atoms with Crippen molar-refractivity contribution >= 4 is 92.6 Å². The summed E-state index contributed by atoms with van der Waals surface area (Å²) in [5.41, 5.74) is 10.7. The molecule has 64 heavy (non-hydrogen) atoms. The number of para-hydroxylation sites is 4. The summed E-state index contributed by atoms with van der Waals surface area (Å²) in [7, 11) is 0. The van der Waals surface area contributed by atoms with Gasteiger partial charge in [-0.1, -0.05) is 133 Å². The smallest absolute Gasteiger partial charge is 0.238 e. The second-order valence-corrected chi connectivity index (χ2v) is 17.1. The molecule has 0 saturated heterocycles. The highest BCUT2D eigenvalue weighted by molar-refractivity contribution is 7.26. The maximum atomic E-state index is 6.30. The van der Waals surface area contributed by atoms with Gasteiger partial charge < -0.3 is 8.98 Å². The van der Waals surface area contributed by atoms with Crippen LogP contribution in [-0.2, 0) is 0 Å². The standard InChI is InChI=1S/C57H35N5OS/c1-3-16-36(17-4-1)37-18-13-21-40(34-37)62(48-28-15-31-52-53(48)44-24-9-12-30-51(44)64-52)57-59-55(38-32-33-50-46(35-38)42-23-8-11-29-49(42)63-50)58-56(60-57)45-26-14-25-43-41-22-7-10-27-47(41)61(54(43)45)39-19-5-2-6-20-39/h1-35H. The van der Waals surface area contributed by atoms with Crippen molar-refractivity contribution in [2.24, 2.45) is 0 Å². The third-order valence-corrected chi connectivity index (χ3v) is 13.4. The van der Waals surface area contributed by atoms with Crippen molar-refractivity contribution in [3.8, 4) is 39.6 Å². The number of anilines is 3. The molecule has 7 heteroatoms. The zero-order chi connectivity index (χ0) is 42.1. The maximum Gasteiger partial charge on any atom is 0.238 e. The van der Waals surface area contributed by atoms with Gasteiger partial charge in [0.05, 0.1) is 16.7 Å². The number of fused-ring (bicyclic) bond motifs is 9. The number of hydrogen-bond donors (Lipinski definition) is 0. The fourth-order valence-corrected chi connectivity index (χ4v) is 10.5. The van der Waals surface area contributed by atoms with Crippen LogP contribution in [-0.4, -0.2) is 19.5 Å². The molecule has 4 aromatic heterocycles. The van der Waals surface area contributed by atoms with E-state index in [0.29, 0.717) is 17.6 Å². The Morgan fingerprint density at radius 1 is 0.438 bits per heavy atom. The summed E-state index contributed by atoms with van der Waals surface area (Å²) in [5.74, 6) is 1.62. The van der Waals surface area contributed by atoms with Crippen molar-refractivity contribution < 1.29 is 4.42 Å². The predicted octanol–water partition coefficient (Wildman–Crippen LogP) is 15.7. The highest BCUT2D eigenvalue weighted by atomic mass is 32.1. The number of rotatable bonds is 7. The maximum absolute atomic E-state index is 6.30. The molecule has 0 aliphatic heterocycles. The van der Waals surface area contributed by atoms with Gasteiger partial charge in [0.15, 0.2) is 11.6 Å². The molecule has 0 bridgehead atoms. The molecule has 0 fully saturated rings. The average Bonchev–Trinajstić information content (AvgIpc) is 4.04. The van der Waals surface area contributed by atoms with Gasteiger partial charge in [0.1, 0.15) is 11.2 Å². The van der Waals surface area contributed by atoms with E-state index in [1.165, 1.54) is 14.8 Å². The third-order valence-electron chi connectivity index (χ3n) is 12.2. The van der Waals surface area contributed by atoms with Crippen LogP contribution in [0, 0.1) is 0 Å². The quantitative estimate of drug-likeness (QED) is 0.160. The van der Waals surface area contributed by atoms with Crippen LogP contribution in [0.1, 0.15) is 0 Å². The zero-order valence-electron chi connectivity index (χ0n) is 34.3. The van der Waals surface area contributed by atoms with E-state index in [1.54, 1.807) is 11.3 Å². The Hall–Kier alpha value is -8.39. The van der Waals surface area contributed by atoms with Crippen molar-refractivity contribution in [1.82, 2.24) is 19.5 Å². The third kappa shape index (κ3) is 5.82. The van der Waals surface area contributed by atoms with Crippen LogP contribution in [0.2, 0.25) is 0 Å². The molecule has 300 valence electrons. The first-order valence-electron chi connectivity index (χ1n) is 21.4. The summed E-state index contributed by atoms with van der Waals surface area (Å²) in [4.78, 5) is 18.8. The Bertz CT molecular complexity index is 3930. The van der Waals surface area contributed by atoms with Gasteiger partial charge in [0.2, 0.25) is 5.95 Å². The largest absolute Gasteiger partial charge is 0.456 e. The minimum Gasteiger partial charge on any atom is -0.456 e. The molecular formula is C57H35N5OS. The van der Waals surface area contributed by atoms with Crippen LogP contribution in [0.5, 0.6) is 0 Å². The predicted molar refractivity (Wildman–Crippen MR) is 265 cm³/mol. The second kappa shape index (κ2) is 14.6. The highest BCUT2D eigenvalue weighted by Crippen LogP contribution is 2.46. The first-order valence-corrected chi connectivity index (χ1v) is 22.2. The Morgan fingerprint density at radius 3 is 2.00 bits per heavy atom. The molecule has 0 unspecified atom stereocenters. The van der Waals surface area contributed by atoms with Crippen molar-refractivity contribution in [3.05, 3.63) is 212 Å². The molecule has 0 aliphatic rings. The minimum atomic E-state index is 0.504. The lowest BCUT2D eigenvalue weighted by molar-refractivity contribution is 0.669. The van der Waals surface area contributed by atoms with E-state index in [0.717, 1.165) is 88.4 Å². The fraction of sp³-hybridized carbons (Fsp3) is 0. The molecule has 0 spiro atoms. The van der Waals surface area contributed by atoms with Gasteiger partial charge in [0.25, 0.3) is 0 Å². The Labute approximate surface area is 371 Å². The van der Waals surface area contributed by atoms with Gasteiger partial charge in [-0.15, -0.1) is 11.3 Å². The van der Waals surface area contributed by atoms with Crippen LogP contribution < -0.4 is 4.90 Å². The highest BCUT2D eigenvalue weighted by Gasteiger charge is 2.25. The summed E-state index contributed by atoms with van der Waals surface area (Å²) >= 11 is 1.80. The average molecular weight is 838 g/mol. The van der Waals surface area contributed by atoms with Crippen LogP contribution >= 0.6 is 11.3 Å². The zero-order valence-corrected chi connectivity index (χ0v) is 35.1. The molecule has 13 rings (SSSR count). The van der Waals surface area contributed by atoms with E-state index < -0.39 is 0 Å². The monoisotopic (exact) mass is 837 g/mol. The van der Waals surface area contributed by atoms with Gasteiger partial charge in [-0.3, -0.25) is 4.90 Å². The topological polar surface area (TPSA) is 60.0 Å². The second-order valence-electron chi connectivity index (χ2n) is 16.0. The molecule has 0 atom stereocenters. The summed E-state index contributed by atoms with van der Waals surface area (Å²) in [6.45, 7) is 0. The van der Waals surface area contributed by atoms with Gasteiger partial charge >= 0.3 is 0 Å². The molecular weight excluding hydrogens is 803 g/mol. The number of furan rings is 1. The van der Waals surface area contributed by atoms with Gasteiger partial charge in [0, 0.05) is 64.2 Å². The van der Waals surface area contributed by atoms with Crippen molar-refractivity contribution in [2.45, 2.75) is 0 Å². The van der Waals surface area contributed by atoms with Crippen LogP contribution in [0.25, 0.3) is 104 Å².